The van der Waals surface area contributed by atoms with Crippen LogP contribution in [0.5, 0.6) is 5.75 Å². The van der Waals surface area contributed by atoms with Gasteiger partial charge in [-0.15, -0.1) is 10.2 Å². The molecular weight excluding hydrogens is 334 g/mol. The van der Waals surface area contributed by atoms with Crippen LogP contribution in [0.1, 0.15) is 28.7 Å². The lowest BCUT2D eigenvalue weighted by Gasteiger charge is -2.08. The van der Waals surface area contributed by atoms with Gasteiger partial charge in [0.15, 0.2) is 0 Å². The lowest BCUT2D eigenvalue weighted by molar-refractivity contribution is 0.0525. The summed E-state index contributed by atoms with van der Waals surface area (Å²) in [6.07, 6.45) is 0. The van der Waals surface area contributed by atoms with Crippen molar-refractivity contribution in [1.29, 1.82) is 0 Å². The zero-order valence-corrected chi connectivity index (χ0v) is 15.1. The highest BCUT2D eigenvalue weighted by Crippen LogP contribution is 2.31. The molecule has 0 bridgehead atoms. The predicted octanol–water partition coefficient (Wildman–Crippen LogP) is 3.60. The van der Waals surface area contributed by atoms with E-state index in [9.17, 15) is 4.79 Å². The summed E-state index contributed by atoms with van der Waals surface area (Å²) < 4.78 is 16.2. The fourth-order valence-electron chi connectivity index (χ4n) is 2.62. The molecule has 0 amide bonds. The number of aryl methyl sites for hydroxylation is 2. The van der Waals surface area contributed by atoms with E-state index in [2.05, 4.69) is 15.2 Å². The number of carbonyl (C=O) groups is 1. The molecule has 0 aliphatic heterocycles. The van der Waals surface area contributed by atoms with Crippen LogP contribution >= 0.6 is 0 Å². The number of aromatic nitrogens is 3. The van der Waals surface area contributed by atoms with Crippen LogP contribution in [-0.4, -0.2) is 34.9 Å². The van der Waals surface area contributed by atoms with E-state index in [0.717, 1.165) is 0 Å². The molecule has 0 saturated heterocycles. The van der Waals surface area contributed by atoms with Crippen LogP contribution in [0.15, 0.2) is 34.7 Å². The topological polar surface area (TPSA) is 87.3 Å². The van der Waals surface area contributed by atoms with E-state index >= 15 is 0 Å². The molecule has 0 N–H and O–H groups in total. The van der Waals surface area contributed by atoms with Crippen molar-refractivity contribution in [3.05, 3.63) is 47.3 Å². The minimum Gasteiger partial charge on any atom is -0.496 e. The Morgan fingerprint density at radius 1 is 1.08 bits per heavy atom. The third-order valence-corrected chi connectivity index (χ3v) is 3.89. The van der Waals surface area contributed by atoms with Crippen molar-refractivity contribution in [3.8, 4) is 28.7 Å². The van der Waals surface area contributed by atoms with E-state index in [-0.39, 0.29) is 5.89 Å². The van der Waals surface area contributed by atoms with Gasteiger partial charge in [0.05, 0.1) is 41.8 Å². The van der Waals surface area contributed by atoms with Crippen molar-refractivity contribution in [3.63, 3.8) is 0 Å². The van der Waals surface area contributed by atoms with Crippen LogP contribution in [-0.2, 0) is 4.74 Å². The second-order valence-corrected chi connectivity index (χ2v) is 5.59. The van der Waals surface area contributed by atoms with E-state index in [1.54, 1.807) is 27.0 Å². The van der Waals surface area contributed by atoms with Gasteiger partial charge in [0.25, 0.3) is 5.89 Å². The number of pyridine rings is 1. The molecule has 0 spiro atoms. The molecular formula is C19H19N3O4. The minimum atomic E-state index is -0.428. The summed E-state index contributed by atoms with van der Waals surface area (Å²) in [6, 6.07) is 9.05. The maximum absolute atomic E-state index is 12.1. The molecule has 0 aliphatic carbocycles. The number of nitrogens with zero attached hydrogens (tertiary/aromatic N) is 3. The molecule has 3 rings (SSSR count). The first-order valence-electron chi connectivity index (χ1n) is 8.17. The van der Waals surface area contributed by atoms with E-state index < -0.39 is 5.97 Å². The van der Waals surface area contributed by atoms with Gasteiger partial charge in [-0.3, -0.25) is 4.98 Å². The molecule has 2 aromatic heterocycles. The SMILES string of the molecule is CCOC(=O)c1cc(-c2nnc(-c3ccccc3OC)o2)c(C)nc1C. The zero-order chi connectivity index (χ0) is 18.7. The molecule has 0 fully saturated rings. The quantitative estimate of drug-likeness (QED) is 0.648. The van der Waals surface area contributed by atoms with Gasteiger partial charge in [0.1, 0.15) is 5.75 Å². The van der Waals surface area contributed by atoms with Crippen molar-refractivity contribution in [1.82, 2.24) is 15.2 Å². The molecule has 2 heterocycles. The molecule has 0 radical (unpaired) electrons. The summed E-state index contributed by atoms with van der Waals surface area (Å²) in [4.78, 5) is 16.5. The monoisotopic (exact) mass is 353 g/mol. The average molecular weight is 353 g/mol. The highest BCUT2D eigenvalue weighted by Gasteiger charge is 2.20. The molecule has 26 heavy (non-hydrogen) atoms. The summed E-state index contributed by atoms with van der Waals surface area (Å²) in [5.41, 5.74) is 2.94. The number of methoxy groups -OCH3 is 1. The maximum Gasteiger partial charge on any atom is 0.339 e. The molecule has 3 aromatic rings. The number of esters is 1. The largest absolute Gasteiger partial charge is 0.496 e. The Labute approximate surface area is 151 Å². The van der Waals surface area contributed by atoms with Crippen molar-refractivity contribution in [2.45, 2.75) is 20.8 Å². The maximum atomic E-state index is 12.1. The third kappa shape index (κ3) is 3.28. The van der Waals surface area contributed by atoms with Crippen LogP contribution < -0.4 is 4.74 Å². The third-order valence-electron chi connectivity index (χ3n) is 3.89. The lowest BCUT2D eigenvalue weighted by Crippen LogP contribution is -2.09. The fourth-order valence-corrected chi connectivity index (χ4v) is 2.62. The Hall–Kier alpha value is -3.22. The zero-order valence-electron chi connectivity index (χ0n) is 15.1. The number of benzene rings is 1. The molecule has 1 aromatic carbocycles. The second-order valence-electron chi connectivity index (χ2n) is 5.59. The Morgan fingerprint density at radius 3 is 2.46 bits per heavy atom. The lowest BCUT2D eigenvalue weighted by atomic mass is 10.1. The first kappa shape index (κ1) is 17.6. The Bertz CT molecular complexity index is 950. The molecule has 0 unspecified atom stereocenters. The number of ether oxygens (including phenoxy) is 2. The van der Waals surface area contributed by atoms with Gasteiger partial charge in [0, 0.05) is 0 Å². The molecule has 7 heteroatoms. The first-order chi connectivity index (χ1) is 12.5. The molecule has 7 nitrogen and oxygen atoms in total. The number of rotatable bonds is 5. The first-order valence-corrected chi connectivity index (χ1v) is 8.17. The van der Waals surface area contributed by atoms with Crippen LogP contribution in [0, 0.1) is 13.8 Å². The number of para-hydroxylation sites is 1. The van der Waals surface area contributed by atoms with E-state index in [1.807, 2.05) is 31.2 Å². The van der Waals surface area contributed by atoms with Gasteiger partial charge >= 0.3 is 5.97 Å². The van der Waals surface area contributed by atoms with Gasteiger partial charge < -0.3 is 13.9 Å². The summed E-state index contributed by atoms with van der Waals surface area (Å²) in [7, 11) is 1.58. The van der Waals surface area contributed by atoms with Crippen LogP contribution in [0.2, 0.25) is 0 Å². The summed E-state index contributed by atoms with van der Waals surface area (Å²) in [5, 5.41) is 8.22. The number of hydrogen-bond donors (Lipinski definition) is 0. The van der Waals surface area contributed by atoms with Crippen LogP contribution in [0.25, 0.3) is 22.9 Å². The van der Waals surface area contributed by atoms with Gasteiger partial charge in [-0.2, -0.15) is 0 Å². The van der Waals surface area contributed by atoms with Crippen LogP contribution in [0.4, 0.5) is 0 Å². The minimum absolute atomic E-state index is 0.279. The molecule has 0 saturated carbocycles. The standard InChI is InChI=1S/C19H19N3O4/c1-5-25-19(23)15-10-14(11(2)20-12(15)3)18-22-21-17(26-18)13-8-6-7-9-16(13)24-4/h6-10H,5H2,1-4H3. The summed E-state index contributed by atoms with van der Waals surface area (Å²) in [6.45, 7) is 5.63. The molecule has 0 atom stereocenters. The van der Waals surface area contributed by atoms with E-state index in [4.69, 9.17) is 13.9 Å². The van der Waals surface area contributed by atoms with E-state index in [1.165, 1.54) is 0 Å². The van der Waals surface area contributed by atoms with Gasteiger partial charge in [0.2, 0.25) is 5.89 Å². The molecule has 0 aliphatic rings. The van der Waals surface area contributed by atoms with Crippen molar-refractivity contribution >= 4 is 5.97 Å². The second kappa shape index (κ2) is 7.35. The summed E-state index contributed by atoms with van der Waals surface area (Å²) in [5.74, 6) is 0.813. The van der Waals surface area contributed by atoms with Crippen LogP contribution in [0.3, 0.4) is 0 Å². The summed E-state index contributed by atoms with van der Waals surface area (Å²) >= 11 is 0. The molecule has 134 valence electrons. The van der Waals surface area contributed by atoms with Crippen molar-refractivity contribution in [2.75, 3.05) is 13.7 Å². The number of carbonyl (C=O) groups excluding carboxylic acids is 1. The Morgan fingerprint density at radius 2 is 1.77 bits per heavy atom. The number of hydrogen-bond acceptors (Lipinski definition) is 7. The van der Waals surface area contributed by atoms with Gasteiger partial charge in [-0.05, 0) is 39.0 Å². The normalized spacial score (nSPS) is 10.6. The Kier molecular flexibility index (Phi) is 4.97. The Balaban J connectivity index is 2.04. The van der Waals surface area contributed by atoms with Gasteiger partial charge in [-0.1, -0.05) is 12.1 Å². The fraction of sp³-hybridized carbons (Fsp3) is 0.263. The van der Waals surface area contributed by atoms with Crippen molar-refractivity contribution < 1.29 is 18.7 Å². The van der Waals surface area contributed by atoms with Gasteiger partial charge in [-0.25, -0.2) is 4.79 Å². The smallest absolute Gasteiger partial charge is 0.339 e. The van der Waals surface area contributed by atoms with E-state index in [0.29, 0.717) is 46.3 Å². The highest BCUT2D eigenvalue weighted by molar-refractivity contribution is 5.92. The average Bonchev–Trinajstić information content (AvgIpc) is 3.11. The highest BCUT2D eigenvalue weighted by atomic mass is 16.5. The predicted molar refractivity (Wildman–Crippen MR) is 94.9 cm³/mol. The van der Waals surface area contributed by atoms with Crippen molar-refractivity contribution in [2.24, 2.45) is 0 Å².